The molecule has 5 rings (SSSR count). The summed E-state index contributed by atoms with van der Waals surface area (Å²) < 4.78 is 29.8. The number of rotatable bonds is 6. The molecule has 1 aromatic heterocycles. The third-order valence-corrected chi connectivity index (χ3v) is 10.3. The summed E-state index contributed by atoms with van der Waals surface area (Å²) in [5, 5.41) is 0.195. The Kier molecular flexibility index (Phi) is 7.48. The van der Waals surface area contributed by atoms with E-state index in [1.165, 1.54) is 0 Å². The average Bonchev–Trinajstić information content (AvgIpc) is 3.16. The number of benzene rings is 2. The molecule has 39 heavy (non-hydrogen) atoms. The topological polar surface area (TPSA) is 82.6 Å². The van der Waals surface area contributed by atoms with Crippen LogP contribution in [0.1, 0.15) is 66.2 Å². The SMILES string of the molecule is Cc1cccc(Cl)c1S(=O)(=O)NC1CC(C)(C)c2ccc(C(=O)N(C)C3CCN(c4ccncc4)CC3)cc21. The summed E-state index contributed by atoms with van der Waals surface area (Å²) >= 11 is 6.30. The maximum Gasteiger partial charge on any atom is 0.253 e. The molecule has 7 nitrogen and oxygen atoms in total. The first-order valence-electron chi connectivity index (χ1n) is 13.3. The summed E-state index contributed by atoms with van der Waals surface area (Å²) in [6.45, 7) is 7.68. The maximum atomic E-state index is 13.6. The summed E-state index contributed by atoms with van der Waals surface area (Å²) in [4.78, 5) is 22.0. The molecule has 1 amide bonds. The maximum absolute atomic E-state index is 13.6. The lowest BCUT2D eigenvalue weighted by molar-refractivity contribution is 0.0709. The molecule has 0 spiro atoms. The van der Waals surface area contributed by atoms with Gasteiger partial charge in [0.2, 0.25) is 10.0 Å². The van der Waals surface area contributed by atoms with Gasteiger partial charge in [-0.15, -0.1) is 0 Å². The van der Waals surface area contributed by atoms with E-state index in [0.717, 1.165) is 42.7 Å². The van der Waals surface area contributed by atoms with E-state index in [9.17, 15) is 13.2 Å². The van der Waals surface area contributed by atoms with Crippen molar-refractivity contribution in [3.8, 4) is 0 Å². The highest BCUT2D eigenvalue weighted by Crippen LogP contribution is 2.45. The minimum absolute atomic E-state index is 0.0478. The van der Waals surface area contributed by atoms with E-state index in [-0.39, 0.29) is 27.3 Å². The van der Waals surface area contributed by atoms with Crippen LogP contribution >= 0.6 is 11.6 Å². The van der Waals surface area contributed by atoms with Gasteiger partial charge in [0.1, 0.15) is 4.90 Å². The Labute approximate surface area is 236 Å². The standard InChI is InChI=1S/C30H35ClN4O3S/c1-20-6-5-7-26(31)28(20)39(37,38)33-27-19-30(2,3)25-9-8-21(18-24(25)27)29(36)34(4)22-12-16-35(17-13-22)23-10-14-32-15-11-23/h5-11,14-15,18,22,27,33H,12-13,16-17,19H2,1-4H3. The largest absolute Gasteiger partial charge is 0.371 e. The molecule has 0 radical (unpaired) electrons. The van der Waals surface area contributed by atoms with E-state index in [0.29, 0.717) is 17.5 Å². The molecule has 3 aromatic rings. The van der Waals surface area contributed by atoms with Gasteiger partial charge >= 0.3 is 0 Å². The van der Waals surface area contributed by atoms with Gasteiger partial charge in [-0.3, -0.25) is 9.78 Å². The highest BCUT2D eigenvalue weighted by Gasteiger charge is 2.40. The highest BCUT2D eigenvalue weighted by atomic mass is 35.5. The second-order valence-corrected chi connectivity index (χ2v) is 13.3. The second-order valence-electron chi connectivity index (χ2n) is 11.3. The number of sulfonamides is 1. The van der Waals surface area contributed by atoms with Crippen LogP contribution in [0.4, 0.5) is 5.69 Å². The third-order valence-electron chi connectivity index (χ3n) is 8.21. The van der Waals surface area contributed by atoms with E-state index in [2.05, 4.69) is 28.5 Å². The van der Waals surface area contributed by atoms with Crippen molar-refractivity contribution in [3.05, 3.63) is 88.2 Å². The zero-order valence-electron chi connectivity index (χ0n) is 22.8. The van der Waals surface area contributed by atoms with Gasteiger partial charge in [0.25, 0.3) is 5.91 Å². The molecule has 1 fully saturated rings. The molecule has 2 heterocycles. The number of anilines is 1. The Morgan fingerprint density at radius 1 is 1.10 bits per heavy atom. The molecule has 2 aromatic carbocycles. The fourth-order valence-electron chi connectivity index (χ4n) is 6.07. The number of pyridine rings is 1. The first-order chi connectivity index (χ1) is 18.5. The predicted molar refractivity (Wildman–Crippen MR) is 155 cm³/mol. The Bertz CT molecular complexity index is 1470. The number of carbonyl (C=O) groups is 1. The summed E-state index contributed by atoms with van der Waals surface area (Å²) in [6.07, 6.45) is 5.95. The molecule has 9 heteroatoms. The minimum Gasteiger partial charge on any atom is -0.371 e. The van der Waals surface area contributed by atoms with Crippen molar-refractivity contribution in [1.29, 1.82) is 0 Å². The lowest BCUT2D eigenvalue weighted by Crippen LogP contribution is -2.45. The number of nitrogens with zero attached hydrogens (tertiary/aromatic N) is 3. The van der Waals surface area contributed by atoms with Crippen LogP contribution in [0.5, 0.6) is 0 Å². The van der Waals surface area contributed by atoms with Gasteiger partial charge in [-0.25, -0.2) is 13.1 Å². The van der Waals surface area contributed by atoms with E-state index >= 15 is 0 Å². The molecule has 1 aliphatic carbocycles. The number of piperidine rings is 1. The molecular weight excluding hydrogens is 532 g/mol. The molecule has 206 valence electrons. The first-order valence-corrected chi connectivity index (χ1v) is 15.2. The Morgan fingerprint density at radius 3 is 2.46 bits per heavy atom. The van der Waals surface area contributed by atoms with Crippen LogP contribution in [0.3, 0.4) is 0 Å². The molecule has 1 aliphatic heterocycles. The molecular formula is C30H35ClN4O3S. The van der Waals surface area contributed by atoms with Crippen molar-refractivity contribution < 1.29 is 13.2 Å². The average molecular weight is 567 g/mol. The number of carbonyl (C=O) groups excluding carboxylic acids is 1. The van der Waals surface area contributed by atoms with Gasteiger partial charge < -0.3 is 9.80 Å². The quantitative estimate of drug-likeness (QED) is 0.427. The van der Waals surface area contributed by atoms with Crippen molar-refractivity contribution in [2.45, 2.75) is 62.4 Å². The number of nitrogens with one attached hydrogen (secondary N) is 1. The van der Waals surface area contributed by atoms with Crippen LogP contribution in [-0.2, 0) is 15.4 Å². The summed E-state index contributed by atoms with van der Waals surface area (Å²) in [7, 11) is -2.01. The van der Waals surface area contributed by atoms with Gasteiger partial charge in [-0.2, -0.15) is 0 Å². The minimum atomic E-state index is -3.88. The highest BCUT2D eigenvalue weighted by molar-refractivity contribution is 7.89. The van der Waals surface area contributed by atoms with Gasteiger partial charge in [0.05, 0.1) is 5.02 Å². The number of hydrogen-bond acceptors (Lipinski definition) is 5. The smallest absolute Gasteiger partial charge is 0.253 e. The molecule has 1 atom stereocenters. The van der Waals surface area contributed by atoms with E-state index in [4.69, 9.17) is 11.6 Å². The number of fused-ring (bicyclic) bond motifs is 1. The van der Waals surface area contributed by atoms with E-state index in [1.807, 2.05) is 42.3 Å². The first kappa shape index (κ1) is 27.6. The zero-order valence-corrected chi connectivity index (χ0v) is 24.4. The summed E-state index contributed by atoms with van der Waals surface area (Å²) in [6, 6.07) is 14.5. The molecule has 1 unspecified atom stereocenters. The van der Waals surface area contributed by atoms with Crippen LogP contribution in [0, 0.1) is 6.92 Å². The molecule has 1 N–H and O–H groups in total. The van der Waals surface area contributed by atoms with Gasteiger partial charge in [0.15, 0.2) is 0 Å². The Balaban J connectivity index is 1.35. The van der Waals surface area contributed by atoms with Crippen molar-refractivity contribution in [1.82, 2.24) is 14.6 Å². The third kappa shape index (κ3) is 5.42. The van der Waals surface area contributed by atoms with Crippen LogP contribution in [0.25, 0.3) is 0 Å². The number of aryl methyl sites for hydroxylation is 1. The molecule has 0 bridgehead atoms. The summed E-state index contributed by atoms with van der Waals surface area (Å²) in [5.74, 6) is -0.0478. The lowest BCUT2D eigenvalue weighted by atomic mass is 9.86. The molecule has 2 aliphatic rings. The second kappa shape index (κ2) is 10.6. The van der Waals surface area contributed by atoms with Crippen LogP contribution < -0.4 is 9.62 Å². The van der Waals surface area contributed by atoms with Crippen molar-refractivity contribution in [2.24, 2.45) is 0 Å². The lowest BCUT2D eigenvalue weighted by Gasteiger charge is -2.38. The number of amides is 1. The van der Waals surface area contributed by atoms with Crippen LogP contribution in [0.2, 0.25) is 5.02 Å². The zero-order chi connectivity index (χ0) is 27.9. The fourth-order valence-corrected chi connectivity index (χ4v) is 8.12. The predicted octanol–water partition coefficient (Wildman–Crippen LogP) is 5.49. The normalized spacial score (nSPS) is 19.1. The Morgan fingerprint density at radius 2 is 1.79 bits per heavy atom. The van der Waals surface area contributed by atoms with E-state index in [1.54, 1.807) is 37.5 Å². The summed E-state index contributed by atoms with van der Waals surface area (Å²) in [5.41, 5.74) is 3.97. The molecule has 1 saturated heterocycles. The van der Waals surface area contributed by atoms with Gasteiger partial charge in [0, 0.05) is 55.9 Å². The number of aromatic nitrogens is 1. The van der Waals surface area contributed by atoms with Gasteiger partial charge in [-0.05, 0) is 78.6 Å². The monoisotopic (exact) mass is 566 g/mol. The van der Waals surface area contributed by atoms with Crippen molar-refractivity contribution in [2.75, 3.05) is 25.0 Å². The van der Waals surface area contributed by atoms with Crippen LogP contribution in [0.15, 0.2) is 65.8 Å². The van der Waals surface area contributed by atoms with Crippen LogP contribution in [-0.4, -0.2) is 50.4 Å². The van der Waals surface area contributed by atoms with Crippen molar-refractivity contribution in [3.63, 3.8) is 0 Å². The van der Waals surface area contributed by atoms with E-state index < -0.39 is 16.1 Å². The van der Waals surface area contributed by atoms with Crippen molar-refractivity contribution >= 4 is 33.2 Å². The Hall–Kier alpha value is -2.94. The number of halogens is 1. The molecule has 0 saturated carbocycles. The fraction of sp³-hybridized carbons (Fsp3) is 0.400. The van der Waals surface area contributed by atoms with Gasteiger partial charge in [-0.1, -0.05) is 43.6 Å². The number of hydrogen-bond donors (Lipinski definition) is 1.